The minimum atomic E-state index is -0.387. The molecule has 0 saturated carbocycles. The molecule has 0 amide bonds. The maximum atomic E-state index is 11.2. The van der Waals surface area contributed by atoms with Crippen LogP contribution < -0.4 is 0 Å². The number of hydrogen-bond acceptors (Lipinski definition) is 5. The van der Waals surface area contributed by atoms with E-state index in [4.69, 9.17) is 18.9 Å². The lowest BCUT2D eigenvalue weighted by Crippen LogP contribution is -2.53. The number of hydrogen-bond donors (Lipinski definition) is 0. The van der Waals surface area contributed by atoms with Crippen molar-refractivity contribution in [3.8, 4) is 0 Å². The predicted molar refractivity (Wildman–Crippen MR) is 74.5 cm³/mol. The number of carbonyl (C=O) groups excluding carboxylic acids is 1. The van der Waals surface area contributed by atoms with Gasteiger partial charge in [-0.25, -0.2) is 0 Å². The van der Waals surface area contributed by atoms with Crippen molar-refractivity contribution in [2.45, 2.75) is 51.0 Å². The van der Waals surface area contributed by atoms with Gasteiger partial charge in [-0.15, -0.1) is 0 Å². The molecule has 2 aliphatic heterocycles. The van der Waals surface area contributed by atoms with Crippen LogP contribution in [0.5, 0.6) is 0 Å². The molecule has 21 heavy (non-hydrogen) atoms. The van der Waals surface area contributed by atoms with E-state index in [9.17, 15) is 4.79 Å². The SMILES string of the molecule is CC(=O)O[C@@H]1C[C@@H]2O[C@H](c3ccccc3)OC[C@H]2O[C@H]1C. The van der Waals surface area contributed by atoms with Crippen molar-refractivity contribution in [1.82, 2.24) is 0 Å². The maximum absolute atomic E-state index is 11.2. The fourth-order valence-corrected chi connectivity index (χ4v) is 2.84. The van der Waals surface area contributed by atoms with Gasteiger partial charge in [-0.2, -0.15) is 0 Å². The van der Waals surface area contributed by atoms with Crippen LogP contribution in [0.1, 0.15) is 32.1 Å². The van der Waals surface area contributed by atoms with E-state index in [1.54, 1.807) is 0 Å². The molecular formula is C16H20O5. The minimum absolute atomic E-state index is 0.105. The van der Waals surface area contributed by atoms with Crippen LogP contribution in [0.25, 0.3) is 0 Å². The lowest BCUT2D eigenvalue weighted by atomic mass is 9.98. The van der Waals surface area contributed by atoms with Gasteiger partial charge in [0.1, 0.15) is 12.2 Å². The summed E-state index contributed by atoms with van der Waals surface area (Å²) in [4.78, 5) is 11.2. The van der Waals surface area contributed by atoms with Crippen molar-refractivity contribution < 1.29 is 23.7 Å². The number of carbonyl (C=O) groups is 1. The molecule has 114 valence electrons. The molecule has 3 rings (SSSR count). The molecule has 0 aromatic heterocycles. The molecule has 2 aliphatic rings. The fourth-order valence-electron chi connectivity index (χ4n) is 2.84. The highest BCUT2D eigenvalue weighted by atomic mass is 16.7. The number of esters is 1. The van der Waals surface area contributed by atoms with Crippen LogP contribution in [-0.4, -0.2) is 37.0 Å². The summed E-state index contributed by atoms with van der Waals surface area (Å²) in [6.45, 7) is 3.81. The fraction of sp³-hybridized carbons (Fsp3) is 0.562. The van der Waals surface area contributed by atoms with Gasteiger partial charge in [0.15, 0.2) is 6.29 Å². The Balaban J connectivity index is 1.67. The summed E-state index contributed by atoms with van der Waals surface area (Å²) < 4.78 is 22.9. The Kier molecular flexibility index (Phi) is 4.24. The first-order chi connectivity index (χ1) is 10.1. The van der Waals surface area contributed by atoms with E-state index in [0.29, 0.717) is 13.0 Å². The van der Waals surface area contributed by atoms with Crippen molar-refractivity contribution in [2.75, 3.05) is 6.61 Å². The largest absolute Gasteiger partial charge is 0.460 e. The molecule has 0 unspecified atom stereocenters. The molecule has 0 N–H and O–H groups in total. The monoisotopic (exact) mass is 292 g/mol. The first-order valence-electron chi connectivity index (χ1n) is 7.28. The van der Waals surface area contributed by atoms with Gasteiger partial charge in [0.25, 0.3) is 0 Å². The topological polar surface area (TPSA) is 54.0 Å². The highest BCUT2D eigenvalue weighted by Crippen LogP contribution is 2.34. The zero-order valence-corrected chi connectivity index (χ0v) is 12.2. The second-order valence-electron chi connectivity index (χ2n) is 5.51. The molecule has 5 atom stereocenters. The van der Waals surface area contributed by atoms with Gasteiger partial charge >= 0.3 is 5.97 Å². The number of rotatable bonds is 2. The second-order valence-corrected chi connectivity index (χ2v) is 5.51. The highest BCUT2D eigenvalue weighted by Gasteiger charge is 2.42. The number of fused-ring (bicyclic) bond motifs is 1. The quantitative estimate of drug-likeness (QED) is 0.782. The van der Waals surface area contributed by atoms with E-state index < -0.39 is 0 Å². The third-order valence-electron chi connectivity index (χ3n) is 3.89. The Morgan fingerprint density at radius 2 is 1.95 bits per heavy atom. The van der Waals surface area contributed by atoms with Crippen LogP contribution >= 0.6 is 0 Å². The van der Waals surface area contributed by atoms with Crippen LogP contribution in [0.15, 0.2) is 30.3 Å². The molecule has 5 nitrogen and oxygen atoms in total. The molecule has 0 aliphatic carbocycles. The van der Waals surface area contributed by atoms with Crippen LogP contribution in [-0.2, 0) is 23.7 Å². The van der Waals surface area contributed by atoms with Gasteiger partial charge < -0.3 is 18.9 Å². The molecule has 1 aromatic carbocycles. The van der Waals surface area contributed by atoms with Gasteiger partial charge in [0, 0.05) is 18.9 Å². The molecule has 2 fully saturated rings. The van der Waals surface area contributed by atoms with Gasteiger partial charge in [0.05, 0.1) is 18.8 Å². The molecular weight excluding hydrogens is 272 g/mol. The zero-order valence-electron chi connectivity index (χ0n) is 12.2. The van der Waals surface area contributed by atoms with Crippen LogP contribution in [0.4, 0.5) is 0 Å². The van der Waals surface area contributed by atoms with E-state index in [1.165, 1.54) is 6.92 Å². The molecule has 2 saturated heterocycles. The van der Waals surface area contributed by atoms with E-state index >= 15 is 0 Å². The first-order valence-corrected chi connectivity index (χ1v) is 7.28. The molecule has 0 spiro atoms. The Labute approximate surface area is 124 Å². The molecule has 0 bridgehead atoms. The third-order valence-corrected chi connectivity index (χ3v) is 3.89. The third kappa shape index (κ3) is 3.26. The lowest BCUT2D eigenvalue weighted by molar-refractivity contribution is -0.300. The maximum Gasteiger partial charge on any atom is 0.302 e. The number of ether oxygens (including phenoxy) is 4. The van der Waals surface area contributed by atoms with Crippen LogP contribution in [0.3, 0.4) is 0 Å². The summed E-state index contributed by atoms with van der Waals surface area (Å²) in [5.41, 5.74) is 0.985. The van der Waals surface area contributed by atoms with Crippen molar-refractivity contribution in [1.29, 1.82) is 0 Å². The van der Waals surface area contributed by atoms with Crippen molar-refractivity contribution >= 4 is 5.97 Å². The smallest absolute Gasteiger partial charge is 0.302 e. The predicted octanol–water partition coefficient (Wildman–Crippen LogP) is 2.21. The summed E-state index contributed by atoms with van der Waals surface area (Å²) in [6.07, 6.45) is -0.384. The summed E-state index contributed by atoms with van der Waals surface area (Å²) in [5.74, 6) is -0.291. The van der Waals surface area contributed by atoms with Crippen molar-refractivity contribution in [2.24, 2.45) is 0 Å². The lowest BCUT2D eigenvalue weighted by Gasteiger charge is -2.44. The van der Waals surface area contributed by atoms with Gasteiger partial charge in [-0.3, -0.25) is 4.79 Å². The minimum Gasteiger partial charge on any atom is -0.460 e. The van der Waals surface area contributed by atoms with Gasteiger partial charge in [0.2, 0.25) is 0 Å². The summed E-state index contributed by atoms with van der Waals surface area (Å²) in [6, 6.07) is 9.81. The standard InChI is InChI=1S/C16H20O5/c1-10-13(20-11(2)17)8-14-15(19-10)9-18-16(21-14)12-6-4-3-5-7-12/h3-7,10,13-16H,8-9H2,1-2H3/t10-,13+,14-,15+,16+/m0/s1. The summed E-state index contributed by atoms with van der Waals surface area (Å²) in [7, 11) is 0. The molecule has 2 heterocycles. The zero-order chi connectivity index (χ0) is 14.8. The van der Waals surface area contributed by atoms with Gasteiger partial charge in [-0.1, -0.05) is 30.3 Å². The Bertz CT molecular complexity index is 489. The first kappa shape index (κ1) is 14.5. The van der Waals surface area contributed by atoms with Crippen molar-refractivity contribution in [3.63, 3.8) is 0 Å². The molecule has 5 heteroatoms. The van der Waals surface area contributed by atoms with Crippen LogP contribution in [0, 0.1) is 0 Å². The second kappa shape index (κ2) is 6.13. The Morgan fingerprint density at radius 1 is 1.19 bits per heavy atom. The average Bonchev–Trinajstić information content (AvgIpc) is 2.48. The Hall–Kier alpha value is -1.43. The number of benzene rings is 1. The molecule has 1 aromatic rings. The van der Waals surface area contributed by atoms with Crippen molar-refractivity contribution in [3.05, 3.63) is 35.9 Å². The Morgan fingerprint density at radius 3 is 2.67 bits per heavy atom. The van der Waals surface area contributed by atoms with E-state index in [-0.39, 0.29) is 36.7 Å². The highest BCUT2D eigenvalue weighted by molar-refractivity contribution is 5.66. The van der Waals surface area contributed by atoms with Crippen LogP contribution in [0.2, 0.25) is 0 Å². The van der Waals surface area contributed by atoms with E-state index in [2.05, 4.69) is 0 Å². The average molecular weight is 292 g/mol. The normalized spacial score (nSPS) is 35.8. The summed E-state index contributed by atoms with van der Waals surface area (Å²) >= 11 is 0. The molecule has 0 radical (unpaired) electrons. The van der Waals surface area contributed by atoms with E-state index in [1.807, 2.05) is 37.3 Å². The van der Waals surface area contributed by atoms with E-state index in [0.717, 1.165) is 5.56 Å². The summed E-state index contributed by atoms with van der Waals surface area (Å²) in [5, 5.41) is 0. The van der Waals surface area contributed by atoms with Gasteiger partial charge in [-0.05, 0) is 6.92 Å².